The molecule has 3 nitrogen and oxygen atoms in total. The third kappa shape index (κ3) is 1.47. The first-order valence-electron chi connectivity index (χ1n) is 4.42. The molecular weight excluding hydrogens is 176 g/mol. The highest BCUT2D eigenvalue weighted by atomic mass is 16.3. The van der Waals surface area contributed by atoms with Crippen LogP contribution in [0.2, 0.25) is 0 Å². The Balaban J connectivity index is 2.78. The van der Waals surface area contributed by atoms with Gasteiger partial charge in [0, 0.05) is 17.1 Å². The minimum Gasteiger partial charge on any atom is -0.297 e. The van der Waals surface area contributed by atoms with Gasteiger partial charge in [0.1, 0.15) is 0 Å². The highest BCUT2D eigenvalue weighted by Gasteiger charge is 2.21. The summed E-state index contributed by atoms with van der Waals surface area (Å²) in [5.74, 6) is 0. The predicted octanol–water partition coefficient (Wildman–Crippen LogP) is 1.80. The Morgan fingerprint density at radius 1 is 1.29 bits per heavy atom. The summed E-state index contributed by atoms with van der Waals surface area (Å²) in [5.41, 5.74) is 5.36. The van der Waals surface area contributed by atoms with Crippen molar-refractivity contribution in [2.75, 3.05) is 0 Å². The van der Waals surface area contributed by atoms with Crippen LogP contribution in [0.1, 0.15) is 12.5 Å². The molecule has 2 rings (SSSR count). The van der Waals surface area contributed by atoms with E-state index < -0.39 is 5.72 Å². The van der Waals surface area contributed by atoms with Crippen molar-refractivity contribution in [2.24, 2.45) is 5.73 Å². The molecule has 0 saturated carbocycles. The van der Waals surface area contributed by atoms with Gasteiger partial charge in [0.25, 0.3) is 0 Å². The van der Waals surface area contributed by atoms with Gasteiger partial charge in [-0.1, -0.05) is 18.2 Å². The minimum absolute atomic E-state index is 0.586. The third-order valence-corrected chi connectivity index (χ3v) is 2.18. The second-order valence-corrected chi connectivity index (χ2v) is 3.48. The molecule has 0 aliphatic rings. The van der Waals surface area contributed by atoms with Gasteiger partial charge in [-0.25, -0.2) is 5.11 Å². The van der Waals surface area contributed by atoms with Crippen molar-refractivity contribution >= 4 is 10.9 Å². The van der Waals surface area contributed by atoms with E-state index in [1.165, 1.54) is 6.92 Å². The maximum absolute atomic E-state index is 11.7. The first-order valence-corrected chi connectivity index (χ1v) is 4.42. The maximum Gasteiger partial charge on any atom is 0.175 e. The summed E-state index contributed by atoms with van der Waals surface area (Å²) in [4.78, 5) is 4.16. The van der Waals surface area contributed by atoms with Crippen LogP contribution < -0.4 is 5.73 Å². The zero-order valence-corrected chi connectivity index (χ0v) is 7.90. The molecular formula is C11H11N2O. The molecule has 14 heavy (non-hydrogen) atoms. The Bertz CT molecular complexity index is 455. The monoisotopic (exact) mass is 187 g/mol. The number of pyridine rings is 1. The molecule has 0 amide bonds. The molecule has 1 unspecified atom stereocenters. The van der Waals surface area contributed by atoms with Crippen LogP contribution >= 0.6 is 0 Å². The van der Waals surface area contributed by atoms with E-state index in [1.807, 2.05) is 24.3 Å². The molecule has 0 aliphatic heterocycles. The second kappa shape index (κ2) is 3.04. The largest absolute Gasteiger partial charge is 0.297 e. The van der Waals surface area contributed by atoms with E-state index >= 15 is 0 Å². The Labute approximate surface area is 82.2 Å². The lowest BCUT2D eigenvalue weighted by atomic mass is 10.0. The summed E-state index contributed by atoms with van der Waals surface area (Å²) in [5, 5.41) is 12.5. The quantitative estimate of drug-likeness (QED) is 0.692. The Morgan fingerprint density at radius 3 is 2.71 bits per heavy atom. The van der Waals surface area contributed by atoms with Crippen LogP contribution in [0.4, 0.5) is 0 Å². The van der Waals surface area contributed by atoms with E-state index in [-0.39, 0.29) is 0 Å². The number of fused-ring (bicyclic) bond motifs is 1. The Hall–Kier alpha value is -1.45. The molecule has 0 fully saturated rings. The van der Waals surface area contributed by atoms with Gasteiger partial charge in [-0.15, -0.1) is 0 Å². The molecule has 1 atom stereocenters. The summed E-state index contributed by atoms with van der Waals surface area (Å²) in [6, 6.07) is 9.16. The van der Waals surface area contributed by atoms with Gasteiger partial charge in [-0.3, -0.25) is 10.7 Å². The smallest absolute Gasteiger partial charge is 0.175 e. The number of rotatable bonds is 1. The minimum atomic E-state index is -1.57. The molecule has 0 aliphatic carbocycles. The summed E-state index contributed by atoms with van der Waals surface area (Å²) in [7, 11) is 0. The van der Waals surface area contributed by atoms with Crippen molar-refractivity contribution in [3.8, 4) is 0 Å². The van der Waals surface area contributed by atoms with Crippen LogP contribution in [0.15, 0.2) is 36.5 Å². The van der Waals surface area contributed by atoms with Crippen molar-refractivity contribution in [3.05, 3.63) is 42.1 Å². The number of benzene rings is 1. The van der Waals surface area contributed by atoms with Crippen LogP contribution in [0, 0.1) is 0 Å². The van der Waals surface area contributed by atoms with E-state index in [4.69, 9.17) is 5.73 Å². The first-order chi connectivity index (χ1) is 6.59. The predicted molar refractivity (Wildman–Crippen MR) is 54.0 cm³/mol. The second-order valence-electron chi connectivity index (χ2n) is 3.48. The van der Waals surface area contributed by atoms with Crippen molar-refractivity contribution in [1.82, 2.24) is 4.98 Å². The summed E-state index contributed by atoms with van der Waals surface area (Å²) in [6.07, 6.45) is 1.61. The molecule has 3 heteroatoms. The van der Waals surface area contributed by atoms with Gasteiger partial charge in [0.05, 0.1) is 5.52 Å². The summed E-state index contributed by atoms with van der Waals surface area (Å²) < 4.78 is 0. The van der Waals surface area contributed by atoms with Crippen LogP contribution in [0.5, 0.6) is 0 Å². The van der Waals surface area contributed by atoms with Gasteiger partial charge < -0.3 is 0 Å². The van der Waals surface area contributed by atoms with E-state index in [9.17, 15) is 5.11 Å². The lowest BCUT2D eigenvalue weighted by molar-refractivity contribution is -0.0108. The maximum atomic E-state index is 11.7. The van der Waals surface area contributed by atoms with Gasteiger partial charge >= 0.3 is 0 Å². The molecule has 1 radical (unpaired) electrons. The zero-order valence-electron chi connectivity index (χ0n) is 7.90. The standard InChI is InChI=1S/C11H11N2O/c1-11(12,14)9-6-7-13-10-5-3-2-4-8(9)10/h2-7H,12H2,1H3. The first kappa shape index (κ1) is 9.12. The lowest BCUT2D eigenvalue weighted by Crippen LogP contribution is -2.30. The molecule has 2 aromatic rings. The van der Waals surface area contributed by atoms with Crippen molar-refractivity contribution in [2.45, 2.75) is 12.6 Å². The normalized spacial score (nSPS) is 15.4. The topological polar surface area (TPSA) is 58.8 Å². The average Bonchev–Trinajstić information content (AvgIpc) is 2.15. The average molecular weight is 187 g/mol. The number of aromatic nitrogens is 1. The molecule has 0 saturated heterocycles. The number of nitrogens with zero attached hydrogens (tertiary/aromatic N) is 1. The number of para-hydroxylation sites is 1. The fraction of sp³-hybridized carbons (Fsp3) is 0.182. The number of hydrogen-bond acceptors (Lipinski definition) is 2. The Kier molecular flexibility index (Phi) is 1.98. The fourth-order valence-corrected chi connectivity index (χ4v) is 1.53. The highest BCUT2D eigenvalue weighted by molar-refractivity contribution is 5.82. The van der Waals surface area contributed by atoms with E-state index in [0.717, 1.165) is 10.9 Å². The Morgan fingerprint density at radius 2 is 2.00 bits per heavy atom. The van der Waals surface area contributed by atoms with Crippen molar-refractivity contribution < 1.29 is 5.11 Å². The van der Waals surface area contributed by atoms with E-state index in [1.54, 1.807) is 12.3 Å². The van der Waals surface area contributed by atoms with E-state index in [0.29, 0.717) is 5.56 Å². The van der Waals surface area contributed by atoms with Crippen LogP contribution in [0.3, 0.4) is 0 Å². The molecule has 71 valence electrons. The summed E-state index contributed by atoms with van der Waals surface area (Å²) >= 11 is 0. The van der Waals surface area contributed by atoms with Crippen LogP contribution in [-0.2, 0) is 10.8 Å². The van der Waals surface area contributed by atoms with Crippen molar-refractivity contribution in [1.29, 1.82) is 0 Å². The molecule has 0 spiro atoms. The van der Waals surface area contributed by atoms with Gasteiger partial charge in [0.2, 0.25) is 0 Å². The molecule has 1 aromatic heterocycles. The van der Waals surface area contributed by atoms with Gasteiger partial charge in [-0.2, -0.15) is 0 Å². The molecule has 1 heterocycles. The number of nitrogens with two attached hydrogens (primary N) is 1. The highest BCUT2D eigenvalue weighted by Crippen LogP contribution is 2.23. The molecule has 0 bridgehead atoms. The molecule has 1 aromatic carbocycles. The van der Waals surface area contributed by atoms with Crippen LogP contribution in [-0.4, -0.2) is 4.98 Å². The molecule has 2 N–H and O–H groups in total. The van der Waals surface area contributed by atoms with E-state index in [2.05, 4.69) is 4.98 Å². The number of hydrogen-bond donors (Lipinski definition) is 1. The van der Waals surface area contributed by atoms with Crippen LogP contribution in [0.25, 0.3) is 10.9 Å². The van der Waals surface area contributed by atoms with Crippen molar-refractivity contribution in [3.63, 3.8) is 0 Å². The SMILES string of the molecule is CC(N)([O])c1ccnc2ccccc12. The lowest BCUT2D eigenvalue weighted by Gasteiger charge is -2.16. The van der Waals surface area contributed by atoms with Gasteiger partial charge in [-0.05, 0) is 19.1 Å². The third-order valence-electron chi connectivity index (χ3n) is 2.18. The fourth-order valence-electron chi connectivity index (χ4n) is 1.53. The zero-order chi connectivity index (χ0) is 10.2. The summed E-state index contributed by atoms with van der Waals surface area (Å²) in [6.45, 7) is 1.45. The van der Waals surface area contributed by atoms with Gasteiger partial charge in [0.15, 0.2) is 5.72 Å².